The van der Waals surface area contributed by atoms with E-state index in [-0.39, 0.29) is 16.3 Å². The van der Waals surface area contributed by atoms with E-state index < -0.39 is 29.4 Å². The molecular formula is C20H14ClN3O7. The van der Waals surface area contributed by atoms with Gasteiger partial charge >= 0.3 is 5.97 Å². The molecule has 1 unspecified atom stereocenters. The normalized spacial score (nSPS) is 15.6. The summed E-state index contributed by atoms with van der Waals surface area (Å²) in [7, 11) is 0. The van der Waals surface area contributed by atoms with Crippen LogP contribution in [0, 0.1) is 10.1 Å². The van der Waals surface area contributed by atoms with Crippen LogP contribution in [0.25, 0.3) is 0 Å². The Kier molecular flexibility index (Phi) is 5.54. The SMILES string of the molecule is O=C(OCC(=O)N1N=C(c2ccco2)CC1c1ccco1)c1ccc([N+](=O)[O-])cc1Cl. The molecular weight excluding hydrogens is 430 g/mol. The highest BCUT2D eigenvalue weighted by molar-refractivity contribution is 6.33. The summed E-state index contributed by atoms with van der Waals surface area (Å²) in [5.74, 6) is -0.448. The van der Waals surface area contributed by atoms with Gasteiger partial charge in [0.25, 0.3) is 11.6 Å². The summed E-state index contributed by atoms with van der Waals surface area (Å²) in [6.45, 7) is -0.613. The van der Waals surface area contributed by atoms with Crippen LogP contribution in [0.3, 0.4) is 0 Å². The Morgan fingerprint density at radius 3 is 2.65 bits per heavy atom. The van der Waals surface area contributed by atoms with Gasteiger partial charge in [-0.05, 0) is 30.3 Å². The fraction of sp³-hybridized carbons (Fsp3) is 0.150. The standard InChI is InChI=1S/C20H14ClN3O7/c21-14-9-12(24(27)28)5-6-13(14)20(26)31-11-19(25)23-16(18-4-2-8-30-18)10-15(22-23)17-3-1-7-29-17/h1-9,16H,10-11H2. The van der Waals surface area contributed by atoms with Gasteiger partial charge in [0.2, 0.25) is 0 Å². The maximum atomic E-state index is 12.8. The summed E-state index contributed by atoms with van der Waals surface area (Å²) in [5.41, 5.74) is 0.184. The summed E-state index contributed by atoms with van der Waals surface area (Å²) >= 11 is 5.93. The van der Waals surface area contributed by atoms with Crippen molar-refractivity contribution in [3.8, 4) is 0 Å². The molecule has 0 fully saturated rings. The molecule has 1 aliphatic rings. The summed E-state index contributed by atoms with van der Waals surface area (Å²) in [5, 5.41) is 16.1. The topological polar surface area (TPSA) is 128 Å². The van der Waals surface area contributed by atoms with E-state index in [9.17, 15) is 19.7 Å². The van der Waals surface area contributed by atoms with E-state index in [4.69, 9.17) is 25.2 Å². The van der Waals surface area contributed by atoms with Crippen molar-refractivity contribution in [1.29, 1.82) is 0 Å². The minimum atomic E-state index is -0.891. The van der Waals surface area contributed by atoms with Crippen molar-refractivity contribution in [2.75, 3.05) is 6.61 Å². The van der Waals surface area contributed by atoms with Crippen LogP contribution in [0.5, 0.6) is 0 Å². The number of furan rings is 2. The number of halogens is 1. The van der Waals surface area contributed by atoms with Gasteiger partial charge in [-0.3, -0.25) is 14.9 Å². The molecule has 31 heavy (non-hydrogen) atoms. The molecule has 1 aromatic carbocycles. The molecule has 0 radical (unpaired) electrons. The molecule has 3 heterocycles. The number of hydrogen-bond donors (Lipinski definition) is 0. The Balaban J connectivity index is 1.48. The van der Waals surface area contributed by atoms with Crippen molar-refractivity contribution in [2.45, 2.75) is 12.5 Å². The number of hydrazone groups is 1. The average Bonchev–Trinajstić information content (AvgIpc) is 3.52. The lowest BCUT2D eigenvalue weighted by Gasteiger charge is -2.19. The predicted octanol–water partition coefficient (Wildman–Crippen LogP) is 3.97. The van der Waals surface area contributed by atoms with Gasteiger partial charge in [0.1, 0.15) is 23.3 Å². The van der Waals surface area contributed by atoms with Crippen LogP contribution in [0.4, 0.5) is 5.69 Å². The second kappa shape index (κ2) is 8.44. The Bertz CT molecular complexity index is 1160. The third-order valence-electron chi connectivity index (χ3n) is 4.55. The summed E-state index contributed by atoms with van der Waals surface area (Å²) in [6, 6.07) is 9.65. The van der Waals surface area contributed by atoms with Crippen LogP contribution in [-0.4, -0.2) is 34.1 Å². The molecule has 10 nitrogen and oxygen atoms in total. The highest BCUT2D eigenvalue weighted by atomic mass is 35.5. The fourth-order valence-corrected chi connectivity index (χ4v) is 3.34. The summed E-state index contributed by atoms with van der Waals surface area (Å²) in [4.78, 5) is 35.2. The second-order valence-electron chi connectivity index (χ2n) is 6.50. The molecule has 1 aliphatic heterocycles. The Morgan fingerprint density at radius 1 is 1.23 bits per heavy atom. The maximum absolute atomic E-state index is 12.8. The van der Waals surface area contributed by atoms with E-state index in [1.165, 1.54) is 23.6 Å². The van der Waals surface area contributed by atoms with Gasteiger partial charge in [-0.15, -0.1) is 0 Å². The molecule has 0 N–H and O–H groups in total. The van der Waals surface area contributed by atoms with Gasteiger partial charge in [0.15, 0.2) is 6.61 Å². The van der Waals surface area contributed by atoms with Gasteiger partial charge in [-0.2, -0.15) is 5.10 Å². The van der Waals surface area contributed by atoms with Crippen LogP contribution in [0.2, 0.25) is 5.02 Å². The smallest absolute Gasteiger partial charge is 0.340 e. The molecule has 11 heteroatoms. The van der Waals surface area contributed by atoms with Crippen LogP contribution in [-0.2, 0) is 9.53 Å². The number of carbonyl (C=O) groups excluding carboxylic acids is 2. The molecule has 0 spiro atoms. The van der Waals surface area contributed by atoms with Gasteiger partial charge in [0.05, 0.1) is 28.0 Å². The number of carbonyl (C=O) groups is 2. The molecule has 4 rings (SSSR count). The minimum Gasteiger partial charge on any atom is -0.467 e. The number of ether oxygens (including phenoxy) is 1. The maximum Gasteiger partial charge on any atom is 0.340 e. The molecule has 0 aliphatic carbocycles. The summed E-state index contributed by atoms with van der Waals surface area (Å²) < 4.78 is 15.9. The van der Waals surface area contributed by atoms with Crippen molar-refractivity contribution in [3.63, 3.8) is 0 Å². The fourth-order valence-electron chi connectivity index (χ4n) is 3.09. The monoisotopic (exact) mass is 443 g/mol. The second-order valence-corrected chi connectivity index (χ2v) is 6.90. The molecule has 0 saturated carbocycles. The van der Waals surface area contributed by atoms with E-state index >= 15 is 0 Å². The number of rotatable bonds is 6. The number of amides is 1. The van der Waals surface area contributed by atoms with Crippen LogP contribution >= 0.6 is 11.6 Å². The van der Waals surface area contributed by atoms with Gasteiger partial charge in [-0.25, -0.2) is 9.80 Å². The zero-order chi connectivity index (χ0) is 22.0. The first-order valence-electron chi connectivity index (χ1n) is 9.02. The van der Waals surface area contributed by atoms with E-state index in [0.29, 0.717) is 23.7 Å². The average molecular weight is 444 g/mol. The number of nitrogens with zero attached hydrogens (tertiary/aromatic N) is 3. The van der Waals surface area contributed by atoms with Gasteiger partial charge in [0, 0.05) is 18.6 Å². The van der Waals surface area contributed by atoms with E-state index in [1.807, 2.05) is 0 Å². The van der Waals surface area contributed by atoms with Crippen molar-refractivity contribution < 1.29 is 28.1 Å². The quantitative estimate of drug-likeness (QED) is 0.320. The largest absolute Gasteiger partial charge is 0.467 e. The van der Waals surface area contributed by atoms with Crippen LogP contribution in [0.15, 0.2) is 68.9 Å². The van der Waals surface area contributed by atoms with Crippen LogP contribution in [0.1, 0.15) is 34.3 Å². The van der Waals surface area contributed by atoms with Crippen LogP contribution < -0.4 is 0 Å². The van der Waals surface area contributed by atoms with Gasteiger partial charge in [-0.1, -0.05) is 11.6 Å². The van der Waals surface area contributed by atoms with Crippen molar-refractivity contribution in [2.24, 2.45) is 5.10 Å². The number of nitro benzene ring substituents is 1. The number of hydrogen-bond acceptors (Lipinski definition) is 8. The highest BCUT2D eigenvalue weighted by Crippen LogP contribution is 2.33. The summed E-state index contributed by atoms with van der Waals surface area (Å²) in [6.07, 6.45) is 3.34. The van der Waals surface area contributed by atoms with E-state index in [0.717, 1.165) is 12.1 Å². The Hall–Kier alpha value is -3.92. The number of non-ortho nitro benzene ring substituents is 1. The molecule has 1 amide bonds. The zero-order valence-corrected chi connectivity index (χ0v) is 16.5. The van der Waals surface area contributed by atoms with Crippen molar-refractivity contribution in [3.05, 3.63) is 87.2 Å². The predicted molar refractivity (Wildman–Crippen MR) is 107 cm³/mol. The number of nitro groups is 1. The Labute approximate surface area is 179 Å². The lowest BCUT2D eigenvalue weighted by atomic mass is 10.1. The molecule has 158 valence electrons. The third kappa shape index (κ3) is 4.19. The minimum absolute atomic E-state index is 0.0937. The zero-order valence-electron chi connectivity index (χ0n) is 15.8. The lowest BCUT2D eigenvalue weighted by Crippen LogP contribution is -2.31. The third-order valence-corrected chi connectivity index (χ3v) is 4.87. The van der Waals surface area contributed by atoms with E-state index in [2.05, 4.69) is 5.10 Å². The molecule has 2 aromatic heterocycles. The highest BCUT2D eigenvalue weighted by Gasteiger charge is 2.36. The molecule has 3 aromatic rings. The first kappa shape index (κ1) is 20.4. The van der Waals surface area contributed by atoms with E-state index in [1.54, 1.807) is 24.3 Å². The Morgan fingerprint density at radius 2 is 2.00 bits per heavy atom. The lowest BCUT2D eigenvalue weighted by molar-refractivity contribution is -0.384. The van der Waals surface area contributed by atoms with Gasteiger partial charge < -0.3 is 13.6 Å². The molecule has 1 atom stereocenters. The molecule has 0 bridgehead atoms. The molecule has 0 saturated heterocycles. The first-order valence-corrected chi connectivity index (χ1v) is 9.39. The van der Waals surface area contributed by atoms with Crippen molar-refractivity contribution in [1.82, 2.24) is 5.01 Å². The van der Waals surface area contributed by atoms with Crippen molar-refractivity contribution >= 4 is 34.9 Å². The number of esters is 1. The number of benzene rings is 1. The first-order chi connectivity index (χ1) is 14.9.